The van der Waals surface area contributed by atoms with E-state index < -0.39 is 10.8 Å². The van der Waals surface area contributed by atoms with E-state index in [4.69, 9.17) is 0 Å². The predicted molar refractivity (Wildman–Crippen MR) is 107 cm³/mol. The summed E-state index contributed by atoms with van der Waals surface area (Å²) in [6.45, 7) is 2.24. The summed E-state index contributed by atoms with van der Waals surface area (Å²) < 4.78 is 0.619. The maximum Gasteiger partial charge on any atom is 0.270 e. The highest BCUT2D eigenvalue weighted by Gasteiger charge is 2.35. The number of rotatable bonds is 4. The number of nitrogens with zero attached hydrogens (tertiary/aromatic N) is 3. The summed E-state index contributed by atoms with van der Waals surface area (Å²) in [4.78, 5) is 41.4. The number of benzene rings is 2. The summed E-state index contributed by atoms with van der Waals surface area (Å²) in [5, 5.41) is 14.0. The SMILES string of the molecule is Cc1ccccc1N1C[C@@H](C(=O)Nc2nc3ccc([N+](=O)[O-])cc3s2)CC1=O. The lowest BCUT2D eigenvalue weighted by Crippen LogP contribution is -2.28. The normalized spacial score (nSPS) is 16.5. The molecule has 2 amide bonds. The quantitative estimate of drug-likeness (QED) is 0.537. The van der Waals surface area contributed by atoms with E-state index in [0.717, 1.165) is 11.3 Å². The lowest BCUT2D eigenvalue weighted by Gasteiger charge is -2.18. The molecule has 1 N–H and O–H groups in total. The van der Waals surface area contributed by atoms with Crippen molar-refractivity contribution >= 4 is 49.9 Å². The van der Waals surface area contributed by atoms with Crippen LogP contribution in [0.2, 0.25) is 0 Å². The Morgan fingerprint density at radius 3 is 2.86 bits per heavy atom. The van der Waals surface area contributed by atoms with Crippen LogP contribution in [0.4, 0.5) is 16.5 Å². The zero-order valence-corrected chi connectivity index (χ0v) is 15.7. The van der Waals surface area contributed by atoms with Crippen LogP contribution in [0.5, 0.6) is 0 Å². The number of para-hydroxylation sites is 1. The minimum absolute atomic E-state index is 0.0238. The van der Waals surface area contributed by atoms with E-state index >= 15 is 0 Å². The molecule has 0 spiro atoms. The van der Waals surface area contributed by atoms with Gasteiger partial charge in [0.1, 0.15) is 0 Å². The standard InChI is InChI=1S/C19H16N4O4S/c1-11-4-2-3-5-15(11)22-10-12(8-17(22)24)18(25)21-19-20-14-7-6-13(23(26)27)9-16(14)28-19/h2-7,9,12H,8,10H2,1H3,(H,20,21,25)/t12-/m0/s1. The number of aromatic nitrogens is 1. The topological polar surface area (TPSA) is 105 Å². The van der Waals surface area contributed by atoms with Crippen LogP contribution >= 0.6 is 11.3 Å². The minimum atomic E-state index is -0.478. The molecule has 4 rings (SSSR count). The Bertz CT molecular complexity index is 1110. The molecule has 1 fully saturated rings. The molecule has 1 aliphatic rings. The molecule has 8 nitrogen and oxygen atoms in total. The van der Waals surface area contributed by atoms with E-state index in [0.29, 0.717) is 21.9 Å². The van der Waals surface area contributed by atoms with Gasteiger partial charge in [-0.05, 0) is 24.6 Å². The Kier molecular flexibility index (Phi) is 4.52. The number of amides is 2. The maximum absolute atomic E-state index is 12.6. The summed E-state index contributed by atoms with van der Waals surface area (Å²) in [5.74, 6) is -0.846. The maximum atomic E-state index is 12.6. The number of nitro groups is 1. The summed E-state index contributed by atoms with van der Waals surface area (Å²) in [7, 11) is 0. The molecule has 2 heterocycles. The Morgan fingerprint density at radius 1 is 1.32 bits per heavy atom. The van der Waals surface area contributed by atoms with Gasteiger partial charge in [-0.1, -0.05) is 29.5 Å². The van der Waals surface area contributed by atoms with Gasteiger partial charge in [0.2, 0.25) is 11.8 Å². The van der Waals surface area contributed by atoms with Crippen molar-refractivity contribution in [2.75, 3.05) is 16.8 Å². The largest absolute Gasteiger partial charge is 0.311 e. The third-order valence-corrected chi connectivity index (χ3v) is 5.65. The van der Waals surface area contributed by atoms with Crippen LogP contribution in [0.15, 0.2) is 42.5 Å². The van der Waals surface area contributed by atoms with Gasteiger partial charge >= 0.3 is 0 Å². The molecule has 0 saturated carbocycles. The van der Waals surface area contributed by atoms with Crippen molar-refractivity contribution in [1.29, 1.82) is 0 Å². The van der Waals surface area contributed by atoms with E-state index in [2.05, 4.69) is 10.3 Å². The summed E-state index contributed by atoms with van der Waals surface area (Å²) in [5.41, 5.74) is 2.35. The number of nitrogens with one attached hydrogen (secondary N) is 1. The van der Waals surface area contributed by atoms with Crippen LogP contribution < -0.4 is 10.2 Å². The van der Waals surface area contributed by atoms with Crippen molar-refractivity contribution < 1.29 is 14.5 Å². The number of aryl methyl sites for hydroxylation is 1. The molecule has 142 valence electrons. The first kappa shape index (κ1) is 18.1. The molecule has 1 saturated heterocycles. The molecule has 28 heavy (non-hydrogen) atoms. The molecule has 9 heteroatoms. The van der Waals surface area contributed by atoms with Crippen LogP contribution in [0.1, 0.15) is 12.0 Å². The van der Waals surface area contributed by atoms with Gasteiger partial charge in [0.25, 0.3) is 5.69 Å². The Morgan fingerprint density at radius 2 is 2.11 bits per heavy atom. The van der Waals surface area contributed by atoms with E-state index in [1.807, 2.05) is 31.2 Å². The van der Waals surface area contributed by atoms with E-state index in [9.17, 15) is 19.7 Å². The van der Waals surface area contributed by atoms with Crippen LogP contribution in [0.3, 0.4) is 0 Å². The van der Waals surface area contributed by atoms with E-state index in [-0.39, 0.29) is 23.9 Å². The molecule has 0 unspecified atom stereocenters. The third kappa shape index (κ3) is 3.31. The number of hydrogen-bond acceptors (Lipinski definition) is 6. The molecule has 0 aliphatic carbocycles. The van der Waals surface area contributed by atoms with Gasteiger partial charge in [0.05, 0.1) is 21.1 Å². The van der Waals surface area contributed by atoms with Crippen molar-refractivity contribution in [2.45, 2.75) is 13.3 Å². The smallest absolute Gasteiger partial charge is 0.270 e. The average Bonchev–Trinajstić information content (AvgIpc) is 3.24. The molecule has 0 bridgehead atoms. The van der Waals surface area contributed by atoms with Crippen molar-refractivity contribution in [3.05, 3.63) is 58.1 Å². The number of hydrogen-bond donors (Lipinski definition) is 1. The average molecular weight is 396 g/mol. The second-order valence-corrected chi connectivity index (χ2v) is 7.64. The zero-order chi connectivity index (χ0) is 19.8. The molecule has 1 aliphatic heterocycles. The highest BCUT2D eigenvalue weighted by molar-refractivity contribution is 7.22. The first-order valence-electron chi connectivity index (χ1n) is 8.64. The number of nitro benzene ring substituents is 1. The van der Waals surface area contributed by atoms with Gasteiger partial charge in [-0.15, -0.1) is 0 Å². The van der Waals surface area contributed by atoms with Crippen molar-refractivity contribution in [1.82, 2.24) is 4.98 Å². The van der Waals surface area contributed by atoms with Crippen LogP contribution in [-0.4, -0.2) is 28.3 Å². The Labute approximate surface area is 163 Å². The van der Waals surface area contributed by atoms with E-state index in [1.165, 1.54) is 23.5 Å². The lowest BCUT2D eigenvalue weighted by atomic mass is 10.1. The fraction of sp³-hybridized carbons (Fsp3) is 0.211. The van der Waals surface area contributed by atoms with Gasteiger partial charge in [-0.2, -0.15) is 0 Å². The summed E-state index contributed by atoms with van der Waals surface area (Å²) in [6, 6.07) is 11.9. The van der Waals surface area contributed by atoms with Crippen molar-refractivity contribution in [3.63, 3.8) is 0 Å². The molecular weight excluding hydrogens is 380 g/mol. The van der Waals surface area contributed by atoms with Gasteiger partial charge in [-0.3, -0.25) is 19.7 Å². The molecular formula is C19H16N4O4S. The van der Waals surface area contributed by atoms with Gasteiger partial charge in [0, 0.05) is 30.8 Å². The third-order valence-electron chi connectivity index (χ3n) is 4.72. The van der Waals surface area contributed by atoms with Crippen LogP contribution in [-0.2, 0) is 9.59 Å². The van der Waals surface area contributed by atoms with Gasteiger partial charge in [0.15, 0.2) is 5.13 Å². The highest BCUT2D eigenvalue weighted by Crippen LogP contribution is 2.31. The first-order chi connectivity index (χ1) is 13.4. The highest BCUT2D eigenvalue weighted by atomic mass is 32.1. The summed E-state index contributed by atoms with van der Waals surface area (Å²) in [6.07, 6.45) is 0.135. The predicted octanol–water partition coefficient (Wildman–Crippen LogP) is 3.50. The first-order valence-corrected chi connectivity index (χ1v) is 9.46. The molecule has 1 aromatic heterocycles. The number of carbonyl (C=O) groups is 2. The van der Waals surface area contributed by atoms with Crippen LogP contribution in [0.25, 0.3) is 10.2 Å². The fourth-order valence-electron chi connectivity index (χ4n) is 3.27. The summed E-state index contributed by atoms with van der Waals surface area (Å²) >= 11 is 1.17. The molecule has 1 atom stereocenters. The van der Waals surface area contributed by atoms with Crippen molar-refractivity contribution in [3.8, 4) is 0 Å². The van der Waals surface area contributed by atoms with Gasteiger partial charge in [-0.25, -0.2) is 4.98 Å². The lowest BCUT2D eigenvalue weighted by molar-refractivity contribution is -0.384. The molecule has 3 aromatic rings. The Hall–Kier alpha value is -3.33. The second-order valence-electron chi connectivity index (χ2n) is 6.61. The fourth-order valence-corrected chi connectivity index (χ4v) is 4.17. The number of non-ortho nitro benzene ring substituents is 1. The number of fused-ring (bicyclic) bond motifs is 1. The number of thiazole rings is 1. The van der Waals surface area contributed by atoms with Crippen LogP contribution in [0, 0.1) is 23.0 Å². The number of carbonyl (C=O) groups excluding carboxylic acids is 2. The monoisotopic (exact) mass is 396 g/mol. The van der Waals surface area contributed by atoms with E-state index in [1.54, 1.807) is 11.0 Å². The minimum Gasteiger partial charge on any atom is -0.311 e. The second kappa shape index (κ2) is 7.01. The number of anilines is 2. The molecule has 2 aromatic carbocycles. The zero-order valence-electron chi connectivity index (χ0n) is 14.9. The van der Waals surface area contributed by atoms with Crippen molar-refractivity contribution in [2.24, 2.45) is 5.92 Å². The molecule has 0 radical (unpaired) electrons. The van der Waals surface area contributed by atoms with Gasteiger partial charge < -0.3 is 10.2 Å². The Balaban J connectivity index is 1.50.